The van der Waals surface area contributed by atoms with Gasteiger partial charge in [-0.25, -0.2) is 14.4 Å². The highest BCUT2D eigenvalue weighted by Gasteiger charge is 2.22. The van der Waals surface area contributed by atoms with E-state index in [-0.39, 0.29) is 17.8 Å². The molecule has 1 N–H and O–H groups in total. The average Bonchev–Trinajstić information content (AvgIpc) is 2.65. The maximum absolute atomic E-state index is 12.9. The van der Waals surface area contributed by atoms with E-state index in [1.807, 2.05) is 0 Å². The molecule has 1 aliphatic rings. The van der Waals surface area contributed by atoms with Crippen molar-refractivity contribution in [2.45, 2.75) is 25.8 Å². The molecule has 0 bridgehead atoms. The summed E-state index contributed by atoms with van der Waals surface area (Å²) < 4.78 is 12.9. The van der Waals surface area contributed by atoms with E-state index in [4.69, 9.17) is 0 Å². The molecule has 1 aromatic heterocycles. The Morgan fingerprint density at radius 3 is 2.48 bits per heavy atom. The van der Waals surface area contributed by atoms with Crippen LogP contribution in [0, 0.1) is 5.82 Å². The van der Waals surface area contributed by atoms with E-state index >= 15 is 0 Å². The van der Waals surface area contributed by atoms with Crippen LogP contribution in [0.5, 0.6) is 0 Å². The number of aromatic nitrogens is 2. The van der Waals surface area contributed by atoms with Crippen LogP contribution in [0.15, 0.2) is 48.3 Å². The van der Waals surface area contributed by atoms with Crippen LogP contribution in [0.4, 0.5) is 10.3 Å². The first kappa shape index (κ1) is 17.1. The lowest BCUT2D eigenvalue weighted by atomic mass is 10.0. The van der Waals surface area contributed by atoms with E-state index < -0.39 is 0 Å². The van der Waals surface area contributed by atoms with Crippen LogP contribution in [0.1, 0.15) is 25.3 Å². The average molecular weight is 340 g/mol. The number of anilines is 1. The molecule has 2 heterocycles. The number of nitrogens with zero attached hydrogens (tertiary/aromatic N) is 3. The molecule has 0 aliphatic carbocycles. The maximum Gasteiger partial charge on any atom is 0.247 e. The molecule has 130 valence electrons. The fourth-order valence-corrected chi connectivity index (χ4v) is 2.85. The monoisotopic (exact) mass is 340 g/mol. The largest absolute Gasteiger partial charge is 0.349 e. The summed E-state index contributed by atoms with van der Waals surface area (Å²) in [5.41, 5.74) is 1.42. The Kier molecular flexibility index (Phi) is 5.38. The number of benzene rings is 1. The van der Waals surface area contributed by atoms with E-state index in [1.54, 1.807) is 43.6 Å². The number of amides is 1. The summed E-state index contributed by atoms with van der Waals surface area (Å²) in [6.45, 7) is 3.40. The quantitative estimate of drug-likeness (QED) is 0.870. The predicted octanol–water partition coefficient (Wildman–Crippen LogP) is 2.80. The SMILES string of the molecule is C/C(=C\c1ccc(F)cc1)C(=O)NC1CCN(c2ncccn2)CC1. The van der Waals surface area contributed by atoms with Crippen LogP contribution in [0.3, 0.4) is 0 Å². The Balaban J connectivity index is 1.53. The third kappa shape index (κ3) is 4.62. The van der Waals surface area contributed by atoms with Crippen molar-refractivity contribution in [3.05, 3.63) is 59.7 Å². The van der Waals surface area contributed by atoms with Gasteiger partial charge in [-0.15, -0.1) is 0 Å². The van der Waals surface area contributed by atoms with Crippen molar-refractivity contribution < 1.29 is 9.18 Å². The third-order valence-corrected chi connectivity index (χ3v) is 4.28. The second kappa shape index (κ2) is 7.88. The molecule has 0 saturated carbocycles. The zero-order valence-corrected chi connectivity index (χ0v) is 14.2. The van der Waals surface area contributed by atoms with E-state index in [0.29, 0.717) is 5.57 Å². The summed E-state index contributed by atoms with van der Waals surface area (Å²) in [5, 5.41) is 3.07. The van der Waals surface area contributed by atoms with Gasteiger partial charge in [0.2, 0.25) is 11.9 Å². The lowest BCUT2D eigenvalue weighted by Gasteiger charge is -2.32. The first-order chi connectivity index (χ1) is 12.1. The molecule has 25 heavy (non-hydrogen) atoms. The summed E-state index contributed by atoms with van der Waals surface area (Å²) >= 11 is 0. The Hall–Kier alpha value is -2.76. The molecule has 1 aliphatic heterocycles. The Bertz CT molecular complexity index is 738. The van der Waals surface area contributed by atoms with E-state index in [2.05, 4.69) is 20.2 Å². The number of halogens is 1. The van der Waals surface area contributed by atoms with Crippen LogP contribution in [0.2, 0.25) is 0 Å². The summed E-state index contributed by atoms with van der Waals surface area (Å²) in [5.74, 6) is 0.367. The van der Waals surface area contributed by atoms with Gasteiger partial charge >= 0.3 is 0 Å². The fraction of sp³-hybridized carbons (Fsp3) is 0.316. The van der Waals surface area contributed by atoms with Crippen LogP contribution >= 0.6 is 0 Å². The zero-order chi connectivity index (χ0) is 17.6. The van der Waals surface area contributed by atoms with Gasteiger partial charge < -0.3 is 10.2 Å². The molecule has 1 aromatic carbocycles. The van der Waals surface area contributed by atoms with Crippen molar-refractivity contribution in [2.75, 3.05) is 18.0 Å². The molecule has 0 atom stereocenters. The zero-order valence-electron chi connectivity index (χ0n) is 14.2. The molecule has 1 amide bonds. The topological polar surface area (TPSA) is 58.1 Å². The van der Waals surface area contributed by atoms with Crippen LogP contribution in [0.25, 0.3) is 6.08 Å². The normalized spacial score (nSPS) is 15.9. The van der Waals surface area contributed by atoms with Gasteiger partial charge in [0.05, 0.1) is 0 Å². The number of hydrogen-bond acceptors (Lipinski definition) is 4. The first-order valence-corrected chi connectivity index (χ1v) is 8.38. The van der Waals surface area contributed by atoms with Gasteiger partial charge in [0, 0.05) is 37.1 Å². The molecule has 6 heteroatoms. The minimum atomic E-state index is -0.284. The second-order valence-electron chi connectivity index (χ2n) is 6.16. The van der Waals surface area contributed by atoms with Gasteiger partial charge in [-0.05, 0) is 49.6 Å². The Labute approximate surface area is 146 Å². The number of piperidine rings is 1. The van der Waals surface area contributed by atoms with E-state index in [9.17, 15) is 9.18 Å². The molecule has 3 rings (SSSR count). The smallest absolute Gasteiger partial charge is 0.247 e. The van der Waals surface area contributed by atoms with Gasteiger partial charge in [0.25, 0.3) is 0 Å². The standard InChI is InChI=1S/C19H21FN4O/c1-14(13-15-3-5-16(20)6-4-15)18(25)23-17-7-11-24(12-8-17)19-21-9-2-10-22-19/h2-6,9-10,13,17H,7-8,11-12H2,1H3,(H,23,25)/b14-13+. The Morgan fingerprint density at radius 1 is 1.20 bits per heavy atom. The molecular weight excluding hydrogens is 319 g/mol. The minimum Gasteiger partial charge on any atom is -0.349 e. The summed E-state index contributed by atoms with van der Waals surface area (Å²) in [6.07, 6.45) is 6.95. The van der Waals surface area contributed by atoms with Gasteiger partial charge in [-0.3, -0.25) is 4.79 Å². The molecule has 1 saturated heterocycles. The molecule has 1 fully saturated rings. The number of carbonyl (C=O) groups is 1. The van der Waals surface area contributed by atoms with Gasteiger partial charge in [0.15, 0.2) is 0 Å². The van der Waals surface area contributed by atoms with Gasteiger partial charge in [-0.1, -0.05) is 12.1 Å². The van der Waals surface area contributed by atoms with Crippen molar-refractivity contribution in [1.29, 1.82) is 0 Å². The second-order valence-corrected chi connectivity index (χ2v) is 6.16. The van der Waals surface area contributed by atoms with Crippen LogP contribution < -0.4 is 10.2 Å². The van der Waals surface area contributed by atoms with Crippen LogP contribution in [-0.4, -0.2) is 35.0 Å². The lowest BCUT2D eigenvalue weighted by Crippen LogP contribution is -2.45. The predicted molar refractivity (Wildman–Crippen MR) is 95.5 cm³/mol. The minimum absolute atomic E-state index is 0.0845. The van der Waals surface area contributed by atoms with Gasteiger partial charge in [0.1, 0.15) is 5.82 Å². The first-order valence-electron chi connectivity index (χ1n) is 8.38. The molecule has 5 nitrogen and oxygen atoms in total. The van der Waals surface area contributed by atoms with E-state index in [0.717, 1.165) is 37.4 Å². The van der Waals surface area contributed by atoms with Crippen molar-refractivity contribution >= 4 is 17.9 Å². The molecule has 0 unspecified atom stereocenters. The molecule has 0 radical (unpaired) electrons. The number of hydrogen-bond donors (Lipinski definition) is 1. The number of nitrogens with one attached hydrogen (secondary N) is 1. The highest BCUT2D eigenvalue weighted by Crippen LogP contribution is 2.16. The summed E-state index contributed by atoms with van der Waals surface area (Å²) in [4.78, 5) is 23.0. The van der Waals surface area contributed by atoms with E-state index in [1.165, 1.54) is 12.1 Å². The highest BCUT2D eigenvalue weighted by atomic mass is 19.1. The molecular formula is C19H21FN4O. The maximum atomic E-state index is 12.9. The van der Waals surface area contributed by atoms with Gasteiger partial charge in [-0.2, -0.15) is 0 Å². The van der Waals surface area contributed by atoms with Crippen molar-refractivity contribution in [2.24, 2.45) is 0 Å². The van der Waals surface area contributed by atoms with Crippen molar-refractivity contribution in [3.63, 3.8) is 0 Å². The van der Waals surface area contributed by atoms with Crippen molar-refractivity contribution in [1.82, 2.24) is 15.3 Å². The molecule has 0 spiro atoms. The van der Waals surface area contributed by atoms with Crippen molar-refractivity contribution in [3.8, 4) is 0 Å². The van der Waals surface area contributed by atoms with Crippen LogP contribution in [-0.2, 0) is 4.79 Å². The lowest BCUT2D eigenvalue weighted by molar-refractivity contribution is -0.118. The highest BCUT2D eigenvalue weighted by molar-refractivity contribution is 5.97. The number of rotatable bonds is 4. The summed E-state index contributed by atoms with van der Waals surface area (Å²) in [6, 6.07) is 8.03. The number of carbonyl (C=O) groups excluding carboxylic acids is 1. The molecule has 2 aromatic rings. The Morgan fingerprint density at radius 2 is 1.84 bits per heavy atom. The summed E-state index contributed by atoms with van der Waals surface area (Å²) in [7, 11) is 0. The third-order valence-electron chi connectivity index (χ3n) is 4.28. The fourth-order valence-electron chi connectivity index (χ4n) is 2.85.